The zero-order valence-electron chi connectivity index (χ0n) is 15.0. The van der Waals surface area contributed by atoms with Crippen LogP contribution < -0.4 is 5.32 Å². The van der Waals surface area contributed by atoms with E-state index in [4.69, 9.17) is 11.6 Å². The summed E-state index contributed by atoms with van der Waals surface area (Å²) >= 11 is 7.93. The minimum Gasteiger partial charge on any atom is -0.365 e. The van der Waals surface area contributed by atoms with Crippen molar-refractivity contribution < 1.29 is 13.2 Å². The van der Waals surface area contributed by atoms with E-state index in [0.717, 1.165) is 34.6 Å². The van der Waals surface area contributed by atoms with E-state index in [1.807, 2.05) is 12.1 Å². The average molecular weight is 534 g/mol. The lowest BCUT2D eigenvalue weighted by Crippen LogP contribution is -2.17. The van der Waals surface area contributed by atoms with Gasteiger partial charge in [0.2, 0.25) is 5.28 Å². The molecule has 10 heteroatoms. The minimum absolute atomic E-state index is 0.0829. The molecule has 2 aromatic heterocycles. The predicted octanol–water partition coefficient (Wildman–Crippen LogP) is 5.95. The molecule has 0 amide bonds. The molecule has 0 unspecified atom stereocenters. The van der Waals surface area contributed by atoms with Gasteiger partial charge in [-0.15, -0.1) is 0 Å². The Morgan fingerprint density at radius 1 is 1.17 bits per heavy atom. The van der Waals surface area contributed by atoms with E-state index in [2.05, 4.69) is 42.9 Å². The number of halogens is 5. The molecule has 29 heavy (non-hydrogen) atoms. The Morgan fingerprint density at radius 2 is 1.90 bits per heavy atom. The van der Waals surface area contributed by atoms with Crippen LogP contribution in [-0.2, 0) is 12.7 Å². The van der Waals surface area contributed by atoms with E-state index in [0.29, 0.717) is 23.8 Å². The lowest BCUT2D eigenvalue weighted by Gasteiger charge is -2.28. The highest BCUT2D eigenvalue weighted by atomic mass is 127. The van der Waals surface area contributed by atoms with Crippen molar-refractivity contribution in [2.45, 2.75) is 38.0 Å². The second-order valence-electron chi connectivity index (χ2n) is 6.83. The topological polar surface area (TPSA) is 55.6 Å². The van der Waals surface area contributed by atoms with Crippen molar-refractivity contribution in [3.63, 3.8) is 0 Å². The summed E-state index contributed by atoms with van der Waals surface area (Å²) in [4.78, 5) is 11.9. The highest BCUT2D eigenvalue weighted by Crippen LogP contribution is 2.38. The summed E-state index contributed by atoms with van der Waals surface area (Å²) in [5.74, 6) is 0.990. The largest absolute Gasteiger partial charge is 0.434 e. The molecular formula is C19H16ClF3IN5. The first-order valence-electron chi connectivity index (χ1n) is 8.98. The van der Waals surface area contributed by atoms with Crippen LogP contribution in [0.15, 0.2) is 36.7 Å². The molecule has 1 aromatic carbocycles. The van der Waals surface area contributed by atoms with Gasteiger partial charge in [0.05, 0.1) is 3.57 Å². The summed E-state index contributed by atoms with van der Waals surface area (Å²) in [6.07, 6.45) is 1.09. The Hall–Kier alpha value is -1.88. The molecule has 1 saturated carbocycles. The fraction of sp³-hybridized carbons (Fsp3) is 0.316. The summed E-state index contributed by atoms with van der Waals surface area (Å²) in [5.41, 5.74) is 0.772. The summed E-state index contributed by atoms with van der Waals surface area (Å²) in [6.45, 7) is 0.495. The number of benzene rings is 1. The standard InChI is InChI=1S/C19H16ClF3IN5/c20-18-26-9-14(24)16(28-18)25-8-11-4-6-12(7-5-11)17-27-15(19(21,22)23)10-29(17)13-2-1-3-13/h4-7,9-10,13H,1-3,8H2,(H,25,26,28). The fourth-order valence-corrected chi connectivity index (χ4v) is 3.70. The molecule has 2 heterocycles. The number of rotatable bonds is 5. The number of nitrogens with zero attached hydrogens (tertiary/aromatic N) is 4. The van der Waals surface area contributed by atoms with E-state index >= 15 is 0 Å². The van der Waals surface area contributed by atoms with Gasteiger partial charge < -0.3 is 9.88 Å². The molecule has 0 aliphatic heterocycles. The van der Waals surface area contributed by atoms with Gasteiger partial charge in [0.15, 0.2) is 5.69 Å². The molecule has 0 saturated heterocycles. The summed E-state index contributed by atoms with van der Waals surface area (Å²) < 4.78 is 42.0. The van der Waals surface area contributed by atoms with Crippen molar-refractivity contribution in [1.82, 2.24) is 19.5 Å². The maximum Gasteiger partial charge on any atom is 0.434 e. The maximum atomic E-state index is 13.2. The van der Waals surface area contributed by atoms with Gasteiger partial charge in [-0.2, -0.15) is 18.2 Å². The predicted molar refractivity (Wildman–Crippen MR) is 113 cm³/mol. The molecule has 0 atom stereocenters. The zero-order valence-corrected chi connectivity index (χ0v) is 18.0. The van der Waals surface area contributed by atoms with Crippen LogP contribution in [-0.4, -0.2) is 19.5 Å². The van der Waals surface area contributed by atoms with Gasteiger partial charge in [-0.25, -0.2) is 9.97 Å². The van der Waals surface area contributed by atoms with Gasteiger partial charge in [0.25, 0.3) is 0 Å². The lowest BCUT2D eigenvalue weighted by atomic mass is 9.92. The third-order valence-corrected chi connectivity index (χ3v) is 5.85. The van der Waals surface area contributed by atoms with E-state index in [9.17, 15) is 13.2 Å². The monoisotopic (exact) mass is 533 g/mol. The molecule has 0 radical (unpaired) electrons. The molecule has 152 valence electrons. The summed E-state index contributed by atoms with van der Waals surface area (Å²) in [7, 11) is 0. The Labute approximate surface area is 183 Å². The molecule has 4 rings (SSSR count). The van der Waals surface area contributed by atoms with Crippen molar-refractivity contribution >= 4 is 40.0 Å². The first kappa shape index (κ1) is 20.4. The normalized spacial score (nSPS) is 14.7. The van der Waals surface area contributed by atoms with Crippen molar-refractivity contribution in [3.8, 4) is 11.4 Å². The second kappa shape index (κ2) is 8.10. The van der Waals surface area contributed by atoms with Crippen LogP contribution in [0.2, 0.25) is 5.28 Å². The lowest BCUT2D eigenvalue weighted by molar-refractivity contribution is -0.140. The van der Waals surface area contributed by atoms with Crippen LogP contribution in [0.5, 0.6) is 0 Å². The third kappa shape index (κ3) is 4.50. The van der Waals surface area contributed by atoms with E-state index in [1.54, 1.807) is 22.9 Å². The van der Waals surface area contributed by atoms with Crippen molar-refractivity contribution in [2.24, 2.45) is 0 Å². The average Bonchev–Trinajstić information content (AvgIpc) is 3.06. The number of nitrogens with one attached hydrogen (secondary N) is 1. The molecule has 1 N–H and O–H groups in total. The van der Waals surface area contributed by atoms with Crippen LogP contribution in [0, 0.1) is 3.57 Å². The quantitative estimate of drug-likeness (QED) is 0.325. The van der Waals surface area contributed by atoms with Crippen LogP contribution in [0.3, 0.4) is 0 Å². The molecule has 0 spiro atoms. The molecule has 3 aromatic rings. The van der Waals surface area contributed by atoms with Crippen molar-refractivity contribution in [3.05, 3.63) is 56.8 Å². The van der Waals surface area contributed by atoms with Crippen LogP contribution in [0.1, 0.15) is 36.6 Å². The number of aromatic nitrogens is 4. The van der Waals surface area contributed by atoms with Gasteiger partial charge >= 0.3 is 6.18 Å². The molecule has 0 bridgehead atoms. The number of alkyl halides is 3. The summed E-state index contributed by atoms with van der Waals surface area (Å²) in [6, 6.07) is 7.41. The zero-order chi connectivity index (χ0) is 20.6. The fourth-order valence-electron chi connectivity index (χ4n) is 3.11. The molecule has 1 aliphatic carbocycles. The molecule has 5 nitrogen and oxygen atoms in total. The number of hydrogen-bond donors (Lipinski definition) is 1. The Morgan fingerprint density at radius 3 is 2.52 bits per heavy atom. The van der Waals surface area contributed by atoms with Crippen molar-refractivity contribution in [2.75, 3.05) is 5.32 Å². The number of anilines is 1. The van der Waals surface area contributed by atoms with E-state index < -0.39 is 11.9 Å². The third-order valence-electron chi connectivity index (χ3n) is 4.88. The Balaban J connectivity index is 1.54. The smallest absolute Gasteiger partial charge is 0.365 e. The Bertz CT molecular complexity index is 1020. The van der Waals surface area contributed by atoms with E-state index in [-0.39, 0.29) is 11.3 Å². The summed E-state index contributed by atoms with van der Waals surface area (Å²) in [5, 5.41) is 3.35. The number of imidazole rings is 1. The Kier molecular flexibility index (Phi) is 5.69. The highest BCUT2D eigenvalue weighted by molar-refractivity contribution is 14.1. The van der Waals surface area contributed by atoms with E-state index in [1.165, 1.54) is 0 Å². The molecule has 1 aliphatic rings. The molecule has 1 fully saturated rings. The SMILES string of the molecule is FC(F)(F)c1cn(C2CCC2)c(-c2ccc(CNc3nc(Cl)ncc3I)cc2)n1. The van der Waals surface area contributed by atoms with Gasteiger partial charge in [-0.05, 0) is 59.0 Å². The first-order valence-corrected chi connectivity index (χ1v) is 10.4. The van der Waals surface area contributed by atoms with Crippen LogP contribution >= 0.6 is 34.2 Å². The van der Waals surface area contributed by atoms with Gasteiger partial charge in [-0.3, -0.25) is 0 Å². The second-order valence-corrected chi connectivity index (χ2v) is 8.33. The minimum atomic E-state index is -4.45. The van der Waals surface area contributed by atoms with Crippen LogP contribution in [0.4, 0.5) is 19.0 Å². The van der Waals surface area contributed by atoms with Gasteiger partial charge in [0.1, 0.15) is 11.6 Å². The maximum absolute atomic E-state index is 13.2. The van der Waals surface area contributed by atoms with Gasteiger partial charge in [0, 0.05) is 30.5 Å². The number of hydrogen-bond acceptors (Lipinski definition) is 4. The molecular weight excluding hydrogens is 518 g/mol. The van der Waals surface area contributed by atoms with Crippen LogP contribution in [0.25, 0.3) is 11.4 Å². The highest BCUT2D eigenvalue weighted by Gasteiger charge is 2.36. The van der Waals surface area contributed by atoms with Crippen molar-refractivity contribution in [1.29, 1.82) is 0 Å². The first-order chi connectivity index (χ1) is 13.8. The van der Waals surface area contributed by atoms with Gasteiger partial charge in [-0.1, -0.05) is 24.3 Å².